The van der Waals surface area contributed by atoms with Crippen molar-refractivity contribution in [3.05, 3.63) is 35.0 Å². The summed E-state index contributed by atoms with van der Waals surface area (Å²) in [6.07, 6.45) is 0. The van der Waals surface area contributed by atoms with Gasteiger partial charge in [0, 0.05) is 31.9 Å². The van der Waals surface area contributed by atoms with Crippen molar-refractivity contribution < 1.29 is 4.42 Å². The summed E-state index contributed by atoms with van der Waals surface area (Å²) in [5, 5.41) is 7.19. The zero-order chi connectivity index (χ0) is 15.0. The van der Waals surface area contributed by atoms with Gasteiger partial charge in [-0.3, -0.25) is 0 Å². The summed E-state index contributed by atoms with van der Waals surface area (Å²) in [5.41, 5.74) is 0.907. The molecule has 0 amide bonds. The first kappa shape index (κ1) is 15.6. The van der Waals surface area contributed by atoms with Crippen molar-refractivity contribution in [1.29, 1.82) is 0 Å². The maximum absolute atomic E-state index is 6.06. The van der Waals surface area contributed by atoms with Crippen LogP contribution >= 0.6 is 35.1 Å². The topological polar surface area (TPSA) is 25.2 Å². The number of halogens is 1. The lowest BCUT2D eigenvalue weighted by Gasteiger charge is -2.35. The minimum absolute atomic E-state index is 0.239. The van der Waals surface area contributed by atoms with Crippen molar-refractivity contribution in [2.24, 2.45) is 0 Å². The monoisotopic (exact) mass is 341 g/mol. The highest BCUT2D eigenvalue weighted by molar-refractivity contribution is 8.07. The number of nitrogens with one attached hydrogen (secondary N) is 1. The van der Waals surface area contributed by atoms with Crippen LogP contribution in [0.15, 0.2) is 28.7 Å². The molecule has 21 heavy (non-hydrogen) atoms. The van der Waals surface area contributed by atoms with Crippen LogP contribution in [-0.2, 0) is 0 Å². The van der Waals surface area contributed by atoms with Gasteiger partial charge in [-0.15, -0.1) is 0 Å². The van der Waals surface area contributed by atoms with Crippen LogP contribution in [0, 0.1) is 0 Å². The summed E-state index contributed by atoms with van der Waals surface area (Å²) in [7, 11) is 2.01. The minimum atomic E-state index is 0.239. The summed E-state index contributed by atoms with van der Waals surface area (Å²) < 4.78 is 6.05. The Kier molecular flexibility index (Phi) is 4.79. The van der Waals surface area contributed by atoms with Crippen LogP contribution in [-0.4, -0.2) is 28.6 Å². The van der Waals surface area contributed by atoms with Gasteiger partial charge in [0.15, 0.2) is 0 Å². The van der Waals surface area contributed by atoms with Gasteiger partial charge in [-0.25, -0.2) is 0 Å². The highest BCUT2D eigenvalue weighted by atomic mass is 35.5. The summed E-state index contributed by atoms with van der Waals surface area (Å²) in [4.78, 5) is 0. The van der Waals surface area contributed by atoms with Crippen molar-refractivity contribution in [1.82, 2.24) is 5.32 Å². The number of rotatable bonds is 3. The molecule has 3 rings (SSSR count). The van der Waals surface area contributed by atoms with Crippen LogP contribution in [0.3, 0.4) is 0 Å². The molecular weight excluding hydrogens is 322 g/mol. The average molecular weight is 342 g/mol. The normalized spacial score (nSPS) is 27.9. The van der Waals surface area contributed by atoms with Crippen molar-refractivity contribution in [2.45, 2.75) is 35.6 Å². The van der Waals surface area contributed by atoms with Crippen LogP contribution < -0.4 is 5.32 Å². The summed E-state index contributed by atoms with van der Waals surface area (Å²) in [6.45, 7) is 4.63. The lowest BCUT2D eigenvalue weighted by molar-refractivity contribution is 0.451. The van der Waals surface area contributed by atoms with E-state index >= 15 is 0 Å². The molecule has 0 saturated carbocycles. The molecule has 1 N–H and O–H groups in total. The fraction of sp³-hybridized carbons (Fsp3) is 0.500. The lowest BCUT2D eigenvalue weighted by Crippen LogP contribution is -2.35. The molecule has 0 aliphatic carbocycles. The van der Waals surface area contributed by atoms with Gasteiger partial charge in [0.05, 0.1) is 6.04 Å². The number of thioether (sulfide) groups is 2. The zero-order valence-corrected chi connectivity index (χ0v) is 14.8. The molecule has 2 aromatic rings. The average Bonchev–Trinajstić information content (AvgIpc) is 2.86. The second-order valence-corrected chi connectivity index (χ2v) is 8.98. The Labute approximate surface area is 139 Å². The second-order valence-electron chi connectivity index (χ2n) is 5.52. The molecule has 2 heterocycles. The molecule has 114 valence electrons. The number of benzene rings is 1. The fourth-order valence-electron chi connectivity index (χ4n) is 2.68. The molecule has 1 saturated heterocycles. The van der Waals surface area contributed by atoms with Crippen molar-refractivity contribution in [2.75, 3.05) is 12.8 Å². The molecule has 1 aromatic heterocycles. The Hall–Kier alpha value is -0.290. The molecular formula is C16H20ClNOS2. The van der Waals surface area contributed by atoms with Gasteiger partial charge in [-0.1, -0.05) is 25.4 Å². The van der Waals surface area contributed by atoms with Gasteiger partial charge in [-0.2, -0.15) is 23.5 Å². The van der Waals surface area contributed by atoms with Gasteiger partial charge >= 0.3 is 0 Å². The van der Waals surface area contributed by atoms with Crippen LogP contribution in [0.25, 0.3) is 11.0 Å². The van der Waals surface area contributed by atoms with Gasteiger partial charge in [0.1, 0.15) is 11.3 Å². The van der Waals surface area contributed by atoms with E-state index in [2.05, 4.69) is 48.8 Å². The summed E-state index contributed by atoms with van der Waals surface area (Å²) >= 11 is 10.2. The SMILES string of the molecule is CNC(c1cc2cc(Cl)ccc2o1)C1CSC(C)C(C)S1. The van der Waals surface area contributed by atoms with E-state index in [-0.39, 0.29) is 6.04 Å². The smallest absolute Gasteiger partial charge is 0.134 e. The minimum Gasteiger partial charge on any atom is -0.459 e. The first-order valence-electron chi connectivity index (χ1n) is 7.22. The van der Waals surface area contributed by atoms with E-state index in [1.165, 1.54) is 0 Å². The van der Waals surface area contributed by atoms with Gasteiger partial charge in [0.25, 0.3) is 0 Å². The van der Waals surface area contributed by atoms with E-state index in [1.54, 1.807) is 0 Å². The van der Waals surface area contributed by atoms with Crippen LogP contribution in [0.5, 0.6) is 0 Å². The number of fused-ring (bicyclic) bond motifs is 1. The Balaban J connectivity index is 1.87. The zero-order valence-electron chi connectivity index (χ0n) is 12.4. The van der Waals surface area contributed by atoms with Crippen molar-refractivity contribution in [3.63, 3.8) is 0 Å². The Morgan fingerprint density at radius 3 is 2.81 bits per heavy atom. The van der Waals surface area contributed by atoms with E-state index in [4.69, 9.17) is 16.0 Å². The van der Waals surface area contributed by atoms with Crippen LogP contribution in [0.4, 0.5) is 0 Å². The van der Waals surface area contributed by atoms with Gasteiger partial charge < -0.3 is 9.73 Å². The quantitative estimate of drug-likeness (QED) is 0.851. The van der Waals surface area contributed by atoms with Crippen molar-refractivity contribution in [3.8, 4) is 0 Å². The number of hydrogen-bond acceptors (Lipinski definition) is 4. The highest BCUT2D eigenvalue weighted by Crippen LogP contribution is 2.41. The standard InChI is InChI=1S/C16H20ClNOS2/c1-9-10(2)21-15(8-20-9)16(18-3)14-7-11-6-12(17)4-5-13(11)19-14/h4-7,9-10,15-16,18H,8H2,1-3H3. The maximum Gasteiger partial charge on any atom is 0.134 e. The predicted molar refractivity (Wildman–Crippen MR) is 95.8 cm³/mol. The van der Waals surface area contributed by atoms with Gasteiger partial charge in [0.2, 0.25) is 0 Å². The van der Waals surface area contributed by atoms with E-state index in [9.17, 15) is 0 Å². The third-order valence-electron chi connectivity index (χ3n) is 4.06. The Morgan fingerprint density at radius 2 is 2.10 bits per heavy atom. The predicted octanol–water partition coefficient (Wildman–Crippen LogP) is 4.97. The molecule has 0 radical (unpaired) electrons. The van der Waals surface area contributed by atoms with Crippen LogP contribution in [0.1, 0.15) is 25.6 Å². The Bertz CT molecular complexity index is 630. The summed E-state index contributed by atoms with van der Waals surface area (Å²) in [6, 6.07) is 8.14. The first-order valence-corrected chi connectivity index (χ1v) is 9.58. The third-order valence-corrected chi connectivity index (χ3v) is 7.79. The fourth-order valence-corrected chi connectivity index (χ4v) is 6.00. The first-order chi connectivity index (χ1) is 10.1. The van der Waals surface area contributed by atoms with Crippen LogP contribution in [0.2, 0.25) is 5.02 Å². The lowest BCUT2D eigenvalue weighted by atomic mass is 10.1. The molecule has 1 aromatic carbocycles. The van der Waals surface area contributed by atoms with E-state index in [0.29, 0.717) is 10.5 Å². The Morgan fingerprint density at radius 1 is 1.29 bits per heavy atom. The van der Waals surface area contributed by atoms with Gasteiger partial charge in [-0.05, 0) is 31.3 Å². The van der Waals surface area contributed by atoms with E-state index in [1.807, 2.05) is 25.2 Å². The second kappa shape index (κ2) is 6.45. The summed E-state index contributed by atoms with van der Waals surface area (Å²) in [5.74, 6) is 2.16. The molecule has 1 aliphatic rings. The maximum atomic E-state index is 6.06. The molecule has 0 bridgehead atoms. The number of hydrogen-bond donors (Lipinski definition) is 1. The van der Waals surface area contributed by atoms with E-state index < -0.39 is 0 Å². The molecule has 0 spiro atoms. The molecule has 1 aliphatic heterocycles. The van der Waals surface area contributed by atoms with E-state index in [0.717, 1.165) is 32.8 Å². The molecule has 4 atom stereocenters. The highest BCUT2D eigenvalue weighted by Gasteiger charge is 2.33. The molecule has 2 nitrogen and oxygen atoms in total. The molecule has 1 fully saturated rings. The third kappa shape index (κ3) is 3.24. The molecule has 4 unspecified atom stereocenters. The molecule has 5 heteroatoms. The number of furan rings is 1. The van der Waals surface area contributed by atoms with Crippen molar-refractivity contribution >= 4 is 46.1 Å². The largest absolute Gasteiger partial charge is 0.459 e.